The Morgan fingerprint density at radius 1 is 1.12 bits per heavy atom. The van der Waals surface area contributed by atoms with Crippen molar-refractivity contribution in [1.29, 1.82) is 0 Å². The highest BCUT2D eigenvalue weighted by Gasteiger charge is 2.13. The number of carbonyl (C=O) groups is 1. The molecule has 0 saturated carbocycles. The standard InChI is InChI=1S/C20H17ClN4O/c1-13-8-15(4-2-3-7-26)23-12-17(13)16-9-14-11-24-19(21)10-18(14)25-6-5-22-20(16)25/h5-12H,2-4H2,1H3. The van der Waals surface area contributed by atoms with Crippen LogP contribution in [0.25, 0.3) is 27.7 Å². The van der Waals surface area contributed by atoms with Crippen LogP contribution in [0.2, 0.25) is 5.15 Å². The summed E-state index contributed by atoms with van der Waals surface area (Å²) in [6.45, 7) is 2.07. The van der Waals surface area contributed by atoms with Crippen LogP contribution in [0, 0.1) is 6.92 Å². The molecule has 4 aromatic heterocycles. The van der Waals surface area contributed by atoms with Gasteiger partial charge in [0.1, 0.15) is 17.1 Å². The van der Waals surface area contributed by atoms with Crippen molar-refractivity contribution < 1.29 is 4.79 Å². The fraction of sp³-hybridized carbons (Fsp3) is 0.200. The molecule has 4 rings (SSSR count). The summed E-state index contributed by atoms with van der Waals surface area (Å²) >= 11 is 6.06. The van der Waals surface area contributed by atoms with Crippen LogP contribution >= 0.6 is 11.6 Å². The van der Waals surface area contributed by atoms with Crippen LogP contribution < -0.4 is 0 Å². The van der Waals surface area contributed by atoms with Crippen LogP contribution in [-0.4, -0.2) is 25.6 Å². The van der Waals surface area contributed by atoms with Crippen molar-refractivity contribution in [3.05, 3.63) is 59.4 Å². The van der Waals surface area contributed by atoms with Crippen LogP contribution in [0.5, 0.6) is 0 Å². The summed E-state index contributed by atoms with van der Waals surface area (Å²) in [7, 11) is 0. The van der Waals surface area contributed by atoms with Gasteiger partial charge in [-0.2, -0.15) is 0 Å². The Morgan fingerprint density at radius 2 is 2.00 bits per heavy atom. The molecular formula is C20H17ClN4O. The van der Waals surface area contributed by atoms with E-state index in [9.17, 15) is 4.79 Å². The zero-order chi connectivity index (χ0) is 18.1. The molecule has 130 valence electrons. The highest BCUT2D eigenvalue weighted by Crippen LogP contribution is 2.31. The molecule has 0 aromatic carbocycles. The predicted molar refractivity (Wildman–Crippen MR) is 102 cm³/mol. The third-order valence-electron chi connectivity index (χ3n) is 4.53. The number of pyridine rings is 3. The maximum absolute atomic E-state index is 10.5. The summed E-state index contributed by atoms with van der Waals surface area (Å²) in [6.07, 6.45) is 10.5. The van der Waals surface area contributed by atoms with E-state index in [4.69, 9.17) is 11.6 Å². The van der Waals surface area contributed by atoms with Gasteiger partial charge in [-0.15, -0.1) is 0 Å². The molecule has 0 radical (unpaired) electrons. The molecule has 26 heavy (non-hydrogen) atoms. The number of rotatable bonds is 5. The van der Waals surface area contributed by atoms with Crippen molar-refractivity contribution >= 4 is 34.4 Å². The van der Waals surface area contributed by atoms with Crippen molar-refractivity contribution in [2.75, 3.05) is 0 Å². The number of carbonyl (C=O) groups excluding carboxylic acids is 1. The van der Waals surface area contributed by atoms with E-state index in [-0.39, 0.29) is 0 Å². The maximum atomic E-state index is 10.5. The van der Waals surface area contributed by atoms with Crippen molar-refractivity contribution in [1.82, 2.24) is 19.4 Å². The summed E-state index contributed by atoms with van der Waals surface area (Å²) in [5.41, 5.74) is 6.01. The smallest absolute Gasteiger partial charge is 0.145 e. The molecule has 0 amide bonds. The summed E-state index contributed by atoms with van der Waals surface area (Å²) < 4.78 is 2.02. The number of hydrogen-bond acceptors (Lipinski definition) is 4. The minimum Gasteiger partial charge on any atom is -0.303 e. The van der Waals surface area contributed by atoms with Crippen LogP contribution in [0.1, 0.15) is 24.1 Å². The largest absolute Gasteiger partial charge is 0.303 e. The first-order valence-corrected chi connectivity index (χ1v) is 8.86. The van der Waals surface area contributed by atoms with Gasteiger partial charge in [0.05, 0.1) is 5.52 Å². The lowest BCUT2D eigenvalue weighted by Crippen LogP contribution is -1.97. The molecule has 0 aliphatic rings. The molecule has 0 bridgehead atoms. The van der Waals surface area contributed by atoms with Gasteiger partial charge in [-0.25, -0.2) is 9.97 Å². The first-order chi connectivity index (χ1) is 12.7. The molecule has 5 nitrogen and oxygen atoms in total. The van der Waals surface area contributed by atoms with Crippen molar-refractivity contribution in [3.8, 4) is 11.1 Å². The fourth-order valence-corrected chi connectivity index (χ4v) is 3.42. The van der Waals surface area contributed by atoms with Gasteiger partial charge in [-0.3, -0.25) is 9.38 Å². The first-order valence-electron chi connectivity index (χ1n) is 8.48. The molecule has 0 spiro atoms. The SMILES string of the molecule is Cc1cc(CCCC=O)ncc1-c1cc2cnc(Cl)cc2n2ccnc12. The Balaban J connectivity index is 1.84. The predicted octanol–water partition coefficient (Wildman–Crippen LogP) is 4.43. The van der Waals surface area contributed by atoms with E-state index in [0.29, 0.717) is 11.6 Å². The Bertz CT molecular complexity index is 1120. The maximum Gasteiger partial charge on any atom is 0.145 e. The first kappa shape index (κ1) is 16.7. The van der Waals surface area contributed by atoms with E-state index in [1.54, 1.807) is 12.4 Å². The van der Waals surface area contributed by atoms with Gasteiger partial charge in [-0.1, -0.05) is 11.6 Å². The molecule has 6 heteroatoms. The lowest BCUT2D eigenvalue weighted by molar-refractivity contribution is -0.107. The van der Waals surface area contributed by atoms with Crippen LogP contribution in [0.15, 0.2) is 43.0 Å². The Morgan fingerprint density at radius 3 is 2.81 bits per heavy atom. The summed E-state index contributed by atoms with van der Waals surface area (Å²) in [4.78, 5) is 23.8. The lowest BCUT2D eigenvalue weighted by Gasteiger charge is -2.11. The molecule has 0 aliphatic carbocycles. The number of aldehydes is 1. The molecule has 4 heterocycles. The number of hydrogen-bond donors (Lipinski definition) is 0. The minimum absolute atomic E-state index is 0.456. The number of imidazole rings is 1. The molecule has 0 saturated heterocycles. The molecule has 0 aliphatic heterocycles. The third-order valence-corrected chi connectivity index (χ3v) is 4.74. The number of aryl methyl sites for hydroxylation is 2. The molecule has 0 fully saturated rings. The van der Waals surface area contributed by atoms with Crippen molar-refractivity contribution in [2.24, 2.45) is 0 Å². The quantitative estimate of drug-likeness (QED) is 0.298. The molecular weight excluding hydrogens is 348 g/mol. The van der Waals surface area contributed by atoms with E-state index >= 15 is 0 Å². The summed E-state index contributed by atoms with van der Waals surface area (Å²) in [5.74, 6) is 0. The van der Waals surface area contributed by atoms with Crippen molar-refractivity contribution in [3.63, 3.8) is 0 Å². The number of fused-ring (bicyclic) bond motifs is 3. The topological polar surface area (TPSA) is 60.2 Å². The summed E-state index contributed by atoms with van der Waals surface area (Å²) in [5, 5.41) is 1.45. The third kappa shape index (κ3) is 2.95. The lowest BCUT2D eigenvalue weighted by atomic mass is 10.0. The normalized spacial score (nSPS) is 11.3. The van der Waals surface area contributed by atoms with Crippen LogP contribution in [0.3, 0.4) is 0 Å². The zero-order valence-electron chi connectivity index (χ0n) is 14.3. The van der Waals surface area contributed by atoms with Gasteiger partial charge in [-0.05, 0) is 37.5 Å². The number of aromatic nitrogens is 4. The van der Waals surface area contributed by atoms with Crippen LogP contribution in [-0.2, 0) is 11.2 Å². The Kier molecular flexibility index (Phi) is 4.39. The van der Waals surface area contributed by atoms with Gasteiger partial charge in [0.2, 0.25) is 0 Å². The molecule has 4 aromatic rings. The second kappa shape index (κ2) is 6.84. The molecule has 0 N–H and O–H groups in total. The van der Waals surface area contributed by atoms with E-state index < -0.39 is 0 Å². The van der Waals surface area contributed by atoms with E-state index in [1.807, 2.05) is 22.9 Å². The average molecular weight is 365 g/mol. The van der Waals surface area contributed by atoms with Crippen molar-refractivity contribution in [2.45, 2.75) is 26.2 Å². The number of halogens is 1. The Labute approximate surface area is 155 Å². The number of nitrogens with zero attached hydrogens (tertiary/aromatic N) is 4. The second-order valence-corrected chi connectivity index (χ2v) is 6.68. The fourth-order valence-electron chi connectivity index (χ4n) is 3.27. The van der Waals surface area contributed by atoms with Gasteiger partial charge >= 0.3 is 0 Å². The van der Waals surface area contributed by atoms with E-state index in [2.05, 4.69) is 34.0 Å². The monoisotopic (exact) mass is 364 g/mol. The van der Waals surface area contributed by atoms with E-state index in [1.165, 1.54) is 0 Å². The molecule has 0 atom stereocenters. The molecule has 0 unspecified atom stereocenters. The van der Waals surface area contributed by atoms with Gasteiger partial charge in [0.25, 0.3) is 0 Å². The zero-order valence-corrected chi connectivity index (χ0v) is 15.1. The average Bonchev–Trinajstić information content (AvgIpc) is 3.12. The second-order valence-electron chi connectivity index (χ2n) is 6.29. The minimum atomic E-state index is 0.456. The van der Waals surface area contributed by atoms with Crippen LogP contribution in [0.4, 0.5) is 0 Å². The number of unbranched alkanes of at least 4 members (excludes halogenated alkanes) is 1. The summed E-state index contributed by atoms with van der Waals surface area (Å²) in [6, 6.07) is 6.01. The highest BCUT2D eigenvalue weighted by atomic mass is 35.5. The van der Waals surface area contributed by atoms with Gasteiger partial charge in [0, 0.05) is 59.5 Å². The van der Waals surface area contributed by atoms with Gasteiger partial charge in [0.15, 0.2) is 0 Å². The van der Waals surface area contributed by atoms with E-state index in [0.717, 1.165) is 58.1 Å². The Hall–Kier alpha value is -2.79. The highest BCUT2D eigenvalue weighted by molar-refractivity contribution is 6.30. The van der Waals surface area contributed by atoms with Gasteiger partial charge < -0.3 is 4.79 Å².